The van der Waals surface area contributed by atoms with E-state index in [1.54, 1.807) is 12.3 Å². The molecule has 12 aliphatic rings. The zero-order valence-corrected chi connectivity index (χ0v) is 66.3. The molecule has 0 aromatic heterocycles. The average Bonchev–Trinajstić information content (AvgIpc) is 1.65. The lowest BCUT2D eigenvalue weighted by Gasteiger charge is -2.42. The minimum atomic E-state index is -2.67. The number of nitrogens with one attached hydrogen (secondary N) is 3. The molecule has 0 amide bonds. The Bertz CT molecular complexity index is 1280. The van der Waals surface area contributed by atoms with Gasteiger partial charge in [-0.1, -0.05) is 282 Å². The Morgan fingerprint density at radius 2 is 0.736 bits per heavy atom. The van der Waals surface area contributed by atoms with E-state index in [0.717, 1.165) is 92.1 Å². The van der Waals surface area contributed by atoms with Crippen LogP contribution in [0.3, 0.4) is 0 Å². The van der Waals surface area contributed by atoms with Crippen molar-refractivity contribution in [3.63, 3.8) is 0 Å². The number of allylic oxidation sites excluding steroid dienone is 6. The summed E-state index contributed by atoms with van der Waals surface area (Å²) in [7, 11) is -2.67. The molecule has 10 nitrogen and oxygen atoms in total. The number of ether oxygens (including phenoxy) is 5. The van der Waals surface area contributed by atoms with Crippen LogP contribution in [0.25, 0.3) is 0 Å². The Morgan fingerprint density at radius 3 is 0.890 bits per heavy atom. The monoisotopic (exact) mass is 1310 g/mol. The van der Waals surface area contributed by atoms with Gasteiger partial charge in [-0.15, -0.1) is 0 Å². The van der Waals surface area contributed by atoms with Gasteiger partial charge in [0.15, 0.2) is 9.84 Å². The van der Waals surface area contributed by atoms with Gasteiger partial charge in [0.05, 0.1) is 64.0 Å². The van der Waals surface area contributed by atoms with Crippen molar-refractivity contribution < 1.29 is 32.1 Å². The van der Waals surface area contributed by atoms with Gasteiger partial charge in [0, 0.05) is 38.3 Å². The minimum Gasteiger partial charge on any atom is -0.502 e. The van der Waals surface area contributed by atoms with Crippen molar-refractivity contribution in [3.05, 3.63) is 97.4 Å². The van der Waals surface area contributed by atoms with E-state index in [4.69, 9.17) is 23.7 Å². The second-order valence-electron chi connectivity index (χ2n) is 18.8. The largest absolute Gasteiger partial charge is 0.502 e. The average molecular weight is 1320 g/mol. The van der Waals surface area contributed by atoms with E-state index in [9.17, 15) is 8.42 Å². The first kappa shape index (κ1) is 110. The highest BCUT2D eigenvalue weighted by atomic mass is 32.2. The van der Waals surface area contributed by atoms with Crippen LogP contribution in [0.1, 0.15) is 306 Å². The van der Waals surface area contributed by atoms with Crippen molar-refractivity contribution in [2.45, 2.75) is 306 Å². The fourth-order valence-electron chi connectivity index (χ4n) is 7.87. The number of hydrogen-bond donors (Lipinski definition) is 3. The van der Waals surface area contributed by atoms with E-state index < -0.39 is 9.84 Å². The molecule has 0 unspecified atom stereocenters. The number of hydrogen-bond acceptors (Lipinski definition) is 10. The number of rotatable bonds is 0. The van der Waals surface area contributed by atoms with Gasteiger partial charge in [-0.05, 0) is 135 Å². The van der Waals surface area contributed by atoms with Crippen LogP contribution in [-0.4, -0.2) is 119 Å². The molecule has 3 N–H and O–H groups in total. The molecule has 0 atom stereocenters. The standard InChI is InChI=1S/C8H12O.C6H12.C6H10.C5H11N.C5H9N.C5H8O2S.C5H10O.2C5H8O.C4H7N.C4H6O.11C2H6/c1-2-4-8(5-3-1)6-9-7-8;4*1-2-4-6-5-3-1;6-8(7)4-2-1-3-5-8;3*1-2-4-6-5-3-1;2*1-2-4-5-3-1;11*1-2/h1-2H,3-7H2;1-6H2;1-2H,3-6H2;6H,1-5H2;1-2,6H,3-5H2;1-2H,3-5H2;1-5H2;2,4H,1,3,5H2;1-2H,3-5H2;1-2,5H,3-4H2;1-2H,3-4H2;11*1-2H3. The Morgan fingerprint density at radius 1 is 0.308 bits per heavy atom. The third-order valence-corrected chi connectivity index (χ3v) is 13.8. The van der Waals surface area contributed by atoms with Crippen LogP contribution >= 0.6 is 0 Å². The highest BCUT2D eigenvalue weighted by molar-refractivity contribution is 7.91. The van der Waals surface area contributed by atoms with Crippen LogP contribution in [-0.2, 0) is 33.5 Å². The second-order valence-corrected chi connectivity index (χ2v) is 21.0. The maximum absolute atomic E-state index is 10.6. The van der Waals surface area contributed by atoms with Gasteiger partial charge in [-0.25, -0.2) is 8.42 Å². The van der Waals surface area contributed by atoms with Crippen molar-refractivity contribution in [3.8, 4) is 0 Å². The molecule has 91 heavy (non-hydrogen) atoms. The first-order chi connectivity index (χ1) is 45.1. The molecular formula is C80H167N3O7S. The normalized spacial score (nSPS) is 18.5. The number of piperidine rings is 1. The number of sulfone groups is 1. The van der Waals surface area contributed by atoms with Gasteiger partial charge in [0.2, 0.25) is 0 Å². The third kappa shape index (κ3) is 106. The summed E-state index contributed by atoms with van der Waals surface area (Å²) < 4.78 is 46.2. The van der Waals surface area contributed by atoms with Crippen LogP contribution in [0.15, 0.2) is 97.4 Å². The van der Waals surface area contributed by atoms with Crippen molar-refractivity contribution in [2.75, 3.05) is 110 Å². The van der Waals surface area contributed by atoms with Gasteiger partial charge in [0.25, 0.3) is 0 Å². The fraction of sp³-hybridized carbons (Fsp3) is 0.800. The SMILES string of the molecule is C1=CCC2(CC1)COC2.C1=CCCCC1.C1=CCNC1.C1=CCNCC1.C1=CCOC1.C1=CCOCC1.C1=COCCC1.C1CCCCC1.C1CCNCC1.C1CCOCC1.CC.CC.CC.CC.CC.CC.CC.CC.CC.CC.CC.O=S1(=O)CC=CCC1. The molecule has 550 valence electrons. The highest BCUT2D eigenvalue weighted by Gasteiger charge is 2.37. The zero-order chi connectivity index (χ0) is 71.0. The molecule has 0 aromatic rings. The summed E-state index contributed by atoms with van der Waals surface area (Å²) in [4.78, 5) is 0. The van der Waals surface area contributed by atoms with Crippen molar-refractivity contribution >= 4 is 9.84 Å². The summed E-state index contributed by atoms with van der Waals surface area (Å²) in [5.41, 5.74) is 0.592. The Hall–Kier alpha value is -2.61. The smallest absolute Gasteiger partial charge is 0.154 e. The lowest BCUT2D eigenvalue weighted by atomic mass is 9.76. The van der Waals surface area contributed by atoms with Crippen LogP contribution < -0.4 is 16.0 Å². The molecule has 1 saturated carbocycles. The summed E-state index contributed by atoms with van der Waals surface area (Å²) in [5, 5.41) is 9.59. The maximum atomic E-state index is 10.6. The summed E-state index contributed by atoms with van der Waals surface area (Å²) in [6.07, 6.45) is 65.2. The van der Waals surface area contributed by atoms with Crippen LogP contribution in [0, 0.1) is 5.41 Å². The molecule has 3 aliphatic carbocycles. The van der Waals surface area contributed by atoms with Crippen molar-refractivity contribution in [1.82, 2.24) is 16.0 Å². The molecule has 1 spiro atoms. The van der Waals surface area contributed by atoms with Gasteiger partial charge in [0.1, 0.15) is 0 Å². The molecular weight excluding hydrogens is 1150 g/mol. The van der Waals surface area contributed by atoms with Gasteiger partial charge >= 0.3 is 0 Å². The van der Waals surface area contributed by atoms with E-state index in [0.29, 0.717) is 17.6 Å². The zero-order valence-electron chi connectivity index (χ0n) is 65.5. The predicted octanol–water partition coefficient (Wildman–Crippen LogP) is 23.3. The Balaban J connectivity index is -0.0000000964. The molecule has 0 aromatic carbocycles. The third-order valence-electron chi connectivity index (χ3n) is 12.3. The fourth-order valence-corrected chi connectivity index (χ4v) is 8.97. The van der Waals surface area contributed by atoms with E-state index in [1.807, 2.05) is 183 Å². The highest BCUT2D eigenvalue weighted by Crippen LogP contribution is 2.39. The molecule has 0 radical (unpaired) electrons. The van der Waals surface area contributed by atoms with E-state index in [1.165, 1.54) is 154 Å². The van der Waals surface area contributed by atoms with Gasteiger partial charge < -0.3 is 39.6 Å². The van der Waals surface area contributed by atoms with Gasteiger partial charge in [-0.3, -0.25) is 0 Å². The van der Waals surface area contributed by atoms with E-state index >= 15 is 0 Å². The first-order valence-electron chi connectivity index (χ1n) is 38.6. The summed E-state index contributed by atoms with van der Waals surface area (Å²) in [5.74, 6) is 0.580. The summed E-state index contributed by atoms with van der Waals surface area (Å²) in [6.45, 7) is 59.2. The summed E-state index contributed by atoms with van der Waals surface area (Å²) in [6, 6.07) is 0. The van der Waals surface area contributed by atoms with Crippen LogP contribution in [0.2, 0.25) is 0 Å². The van der Waals surface area contributed by atoms with E-state index in [-0.39, 0.29) is 5.75 Å². The minimum absolute atomic E-state index is 0.243. The molecule has 3 saturated heterocycles. The van der Waals surface area contributed by atoms with Crippen molar-refractivity contribution in [1.29, 1.82) is 0 Å². The van der Waals surface area contributed by atoms with E-state index in [2.05, 4.69) is 70.6 Å². The van der Waals surface area contributed by atoms with Crippen molar-refractivity contribution in [2.24, 2.45) is 5.41 Å². The molecule has 12 rings (SSSR count). The topological polar surface area (TPSA) is 116 Å². The molecule has 0 bridgehead atoms. The predicted molar refractivity (Wildman–Crippen MR) is 418 cm³/mol. The van der Waals surface area contributed by atoms with Crippen LogP contribution in [0.4, 0.5) is 0 Å². The molecule has 9 heterocycles. The lowest BCUT2D eigenvalue weighted by Crippen LogP contribution is -2.42. The molecule has 11 heteroatoms. The molecule has 4 fully saturated rings. The maximum Gasteiger partial charge on any atom is 0.154 e. The summed E-state index contributed by atoms with van der Waals surface area (Å²) >= 11 is 0. The quantitative estimate of drug-likeness (QED) is 0.203. The Labute approximate surface area is 574 Å². The lowest BCUT2D eigenvalue weighted by molar-refractivity contribution is -0.116. The first-order valence-corrected chi connectivity index (χ1v) is 40.4. The van der Waals surface area contributed by atoms with Gasteiger partial charge in [-0.2, -0.15) is 0 Å². The second kappa shape index (κ2) is 118. The Kier molecular flexibility index (Phi) is 142. The van der Waals surface area contributed by atoms with Crippen LogP contribution in [0.5, 0.6) is 0 Å². The molecule has 9 aliphatic heterocycles.